The van der Waals surface area contributed by atoms with Crippen molar-refractivity contribution >= 4 is 23.2 Å². The third-order valence-corrected chi connectivity index (χ3v) is 5.95. The summed E-state index contributed by atoms with van der Waals surface area (Å²) in [4.78, 5) is 34.5. The molecular weight excluding hydrogens is 502 g/mol. The first-order valence-electron chi connectivity index (χ1n) is 12.1. The molecule has 5 rings (SSSR count). The van der Waals surface area contributed by atoms with E-state index in [-0.39, 0.29) is 12.3 Å². The second-order valence-corrected chi connectivity index (χ2v) is 8.77. The number of aromatic nitrogens is 2. The van der Waals surface area contributed by atoms with E-state index in [1.165, 1.54) is 7.11 Å². The van der Waals surface area contributed by atoms with Crippen molar-refractivity contribution in [1.82, 2.24) is 14.9 Å². The maximum atomic E-state index is 12.8. The first-order chi connectivity index (χ1) is 18.9. The number of benzene rings is 3. The molecule has 10 heteroatoms. The van der Waals surface area contributed by atoms with Gasteiger partial charge in [0.25, 0.3) is 0 Å². The number of fused-ring (bicyclic) bond motifs is 1. The monoisotopic (exact) mass is 527 g/mol. The quantitative estimate of drug-likeness (QED) is 0.265. The lowest BCUT2D eigenvalue weighted by Gasteiger charge is -2.20. The third-order valence-electron chi connectivity index (χ3n) is 5.95. The number of rotatable bonds is 9. The van der Waals surface area contributed by atoms with Crippen LogP contribution in [0.15, 0.2) is 81.6 Å². The van der Waals surface area contributed by atoms with Crippen LogP contribution in [0.4, 0.5) is 4.79 Å². The zero-order chi connectivity index (χ0) is 27.4. The number of carbonyl (C=O) groups is 2. The van der Waals surface area contributed by atoms with E-state index in [4.69, 9.17) is 18.3 Å². The van der Waals surface area contributed by atoms with E-state index in [1.54, 1.807) is 42.5 Å². The van der Waals surface area contributed by atoms with E-state index < -0.39 is 18.6 Å². The van der Waals surface area contributed by atoms with Crippen LogP contribution >= 0.6 is 0 Å². The minimum Gasteiger partial charge on any atom is -0.497 e. The molecule has 2 aromatic heterocycles. The molecule has 1 amide bonds. The van der Waals surface area contributed by atoms with Crippen LogP contribution in [0.25, 0.3) is 22.6 Å². The minimum absolute atomic E-state index is 0.00223. The number of nitrogens with zero attached hydrogens (tertiary/aromatic N) is 3. The Morgan fingerprint density at radius 2 is 1.69 bits per heavy atom. The second kappa shape index (κ2) is 11.1. The number of hydrogen-bond donors (Lipinski definition) is 1. The van der Waals surface area contributed by atoms with Crippen LogP contribution < -0.4 is 9.47 Å². The Morgan fingerprint density at radius 3 is 2.41 bits per heavy atom. The summed E-state index contributed by atoms with van der Waals surface area (Å²) in [6.45, 7) is 1.31. The fourth-order valence-electron chi connectivity index (χ4n) is 4.01. The number of carbonyl (C=O) groups excluding carboxylic acids is 1. The van der Waals surface area contributed by atoms with E-state index in [2.05, 4.69) is 9.97 Å². The molecule has 0 saturated heterocycles. The molecule has 0 saturated carbocycles. The van der Waals surface area contributed by atoms with Crippen LogP contribution in [0.1, 0.15) is 22.9 Å². The third kappa shape index (κ3) is 6.07. The number of oxazole rings is 2. The normalized spacial score (nSPS) is 10.9. The number of amides is 1. The van der Waals surface area contributed by atoms with Gasteiger partial charge in [0.1, 0.15) is 29.3 Å². The summed E-state index contributed by atoms with van der Waals surface area (Å²) < 4.78 is 22.2. The Bertz CT molecular complexity index is 1610. The molecule has 2 heterocycles. The van der Waals surface area contributed by atoms with Gasteiger partial charge in [0.05, 0.1) is 19.2 Å². The van der Waals surface area contributed by atoms with Crippen LogP contribution in [-0.4, -0.2) is 45.7 Å². The molecule has 0 radical (unpaired) electrons. The van der Waals surface area contributed by atoms with E-state index in [0.717, 1.165) is 16.2 Å². The zero-order valence-electron chi connectivity index (χ0n) is 21.3. The molecule has 0 aliphatic rings. The number of hydrogen-bond acceptors (Lipinski definition) is 8. The Morgan fingerprint density at radius 1 is 0.949 bits per heavy atom. The van der Waals surface area contributed by atoms with Gasteiger partial charge >= 0.3 is 12.1 Å². The molecule has 3 aromatic carbocycles. The Labute approximate surface area is 223 Å². The first kappa shape index (κ1) is 25.5. The molecule has 0 bridgehead atoms. The van der Waals surface area contributed by atoms with Crippen molar-refractivity contribution in [3.05, 3.63) is 95.7 Å². The molecule has 198 valence electrons. The van der Waals surface area contributed by atoms with Gasteiger partial charge in [0.15, 0.2) is 5.58 Å². The molecule has 0 unspecified atom stereocenters. The highest BCUT2D eigenvalue weighted by Gasteiger charge is 2.21. The van der Waals surface area contributed by atoms with Crippen molar-refractivity contribution in [2.75, 3.05) is 13.7 Å². The summed E-state index contributed by atoms with van der Waals surface area (Å²) in [5.74, 6) is 1.38. The summed E-state index contributed by atoms with van der Waals surface area (Å²) in [6.07, 6.45) is -0.454. The van der Waals surface area contributed by atoms with Crippen molar-refractivity contribution in [2.24, 2.45) is 0 Å². The highest BCUT2D eigenvalue weighted by molar-refractivity contribution is 5.78. The van der Waals surface area contributed by atoms with Gasteiger partial charge in [-0.1, -0.05) is 24.3 Å². The van der Waals surface area contributed by atoms with Gasteiger partial charge in [-0.2, -0.15) is 0 Å². The van der Waals surface area contributed by atoms with Gasteiger partial charge in [-0.25, -0.2) is 14.8 Å². The van der Waals surface area contributed by atoms with Crippen LogP contribution in [0, 0.1) is 6.92 Å². The highest BCUT2D eigenvalue weighted by atomic mass is 16.6. The summed E-state index contributed by atoms with van der Waals surface area (Å²) >= 11 is 0. The molecule has 0 fully saturated rings. The van der Waals surface area contributed by atoms with Crippen molar-refractivity contribution < 1.29 is 33.0 Å². The summed E-state index contributed by atoms with van der Waals surface area (Å²) in [7, 11) is 1.53. The number of aryl methyl sites for hydroxylation is 1. The van der Waals surface area contributed by atoms with Crippen molar-refractivity contribution in [3.8, 4) is 23.0 Å². The number of carboxylic acids is 1. The maximum absolute atomic E-state index is 12.8. The SMILES string of the molecule is COc1ccc(OC(=O)N(CC(=O)O)Cc2ccc3oc(Cc4nc(-c5ccccc5)oc4C)nc3c2)cc1. The molecule has 0 spiro atoms. The molecule has 5 aromatic rings. The molecule has 10 nitrogen and oxygen atoms in total. The van der Waals surface area contributed by atoms with E-state index in [1.807, 2.05) is 37.3 Å². The average molecular weight is 528 g/mol. The fraction of sp³-hybridized carbons (Fsp3) is 0.172. The molecule has 39 heavy (non-hydrogen) atoms. The lowest BCUT2D eigenvalue weighted by atomic mass is 10.2. The number of carboxylic acid groups (broad SMARTS) is 1. The molecular formula is C29H25N3O7. The van der Waals surface area contributed by atoms with Crippen molar-refractivity contribution in [3.63, 3.8) is 0 Å². The Balaban J connectivity index is 1.31. The fourth-order valence-corrected chi connectivity index (χ4v) is 4.01. The Hall–Kier alpha value is -5.12. The maximum Gasteiger partial charge on any atom is 0.416 e. The highest BCUT2D eigenvalue weighted by Crippen LogP contribution is 2.25. The van der Waals surface area contributed by atoms with Crippen LogP contribution in [0.5, 0.6) is 11.5 Å². The standard InChI is InChI=1S/C29H25N3O7/c1-18-23(31-28(37-18)20-6-4-3-5-7-20)15-26-30-24-14-19(8-13-25(24)39-26)16-32(17-27(33)34)29(35)38-22-11-9-21(36-2)10-12-22/h3-14H,15-17H2,1-2H3,(H,33,34). The molecule has 0 atom stereocenters. The van der Waals surface area contributed by atoms with Crippen molar-refractivity contribution in [2.45, 2.75) is 19.9 Å². The van der Waals surface area contributed by atoms with Gasteiger partial charge in [-0.15, -0.1) is 0 Å². The van der Waals surface area contributed by atoms with Crippen molar-refractivity contribution in [1.29, 1.82) is 0 Å². The van der Waals surface area contributed by atoms with Gasteiger partial charge in [-0.05, 0) is 61.0 Å². The van der Waals surface area contributed by atoms with Gasteiger partial charge < -0.3 is 23.4 Å². The van der Waals surface area contributed by atoms with Crippen LogP contribution in [-0.2, 0) is 17.8 Å². The number of aliphatic carboxylic acids is 1. The first-order valence-corrected chi connectivity index (χ1v) is 12.1. The summed E-state index contributed by atoms with van der Waals surface area (Å²) in [5, 5.41) is 9.35. The summed E-state index contributed by atoms with van der Waals surface area (Å²) in [5.41, 5.74) is 3.40. The largest absolute Gasteiger partial charge is 0.497 e. The lowest BCUT2D eigenvalue weighted by molar-refractivity contribution is -0.138. The van der Waals surface area contributed by atoms with E-state index >= 15 is 0 Å². The summed E-state index contributed by atoms with van der Waals surface area (Å²) in [6, 6.07) is 21.3. The number of methoxy groups -OCH3 is 1. The Kier molecular flexibility index (Phi) is 7.26. The topological polar surface area (TPSA) is 128 Å². The van der Waals surface area contributed by atoms with Gasteiger partial charge in [-0.3, -0.25) is 9.69 Å². The predicted octanol–water partition coefficient (Wildman–Crippen LogP) is 5.48. The number of ether oxygens (including phenoxy) is 2. The minimum atomic E-state index is -1.16. The predicted molar refractivity (Wildman–Crippen MR) is 141 cm³/mol. The molecule has 1 N–H and O–H groups in total. The van der Waals surface area contributed by atoms with Crippen LogP contribution in [0.2, 0.25) is 0 Å². The smallest absolute Gasteiger partial charge is 0.416 e. The van der Waals surface area contributed by atoms with Gasteiger partial charge in [0.2, 0.25) is 11.8 Å². The van der Waals surface area contributed by atoms with E-state index in [9.17, 15) is 14.7 Å². The zero-order valence-corrected chi connectivity index (χ0v) is 21.3. The average Bonchev–Trinajstić information content (AvgIpc) is 3.51. The second-order valence-electron chi connectivity index (χ2n) is 8.77. The molecule has 0 aliphatic carbocycles. The van der Waals surface area contributed by atoms with Gasteiger partial charge in [0, 0.05) is 12.1 Å². The lowest BCUT2D eigenvalue weighted by Crippen LogP contribution is -2.37. The van der Waals surface area contributed by atoms with E-state index in [0.29, 0.717) is 46.4 Å². The molecule has 0 aliphatic heterocycles. The van der Waals surface area contributed by atoms with Crippen LogP contribution in [0.3, 0.4) is 0 Å².